The molecule has 0 radical (unpaired) electrons. The van der Waals surface area contributed by atoms with E-state index in [-0.39, 0.29) is 12.2 Å². The van der Waals surface area contributed by atoms with E-state index in [1.807, 2.05) is 18.2 Å². The first-order chi connectivity index (χ1) is 16.8. The van der Waals surface area contributed by atoms with E-state index in [1.165, 1.54) is 32.4 Å². The van der Waals surface area contributed by atoms with E-state index in [1.54, 1.807) is 36.4 Å². The molecule has 1 amide bonds. The van der Waals surface area contributed by atoms with E-state index in [0.717, 1.165) is 5.56 Å². The zero-order chi connectivity index (χ0) is 25.4. The second kappa shape index (κ2) is 12.1. The second-order valence-electron chi connectivity index (χ2n) is 7.15. The fourth-order valence-electron chi connectivity index (χ4n) is 3.07. The fourth-order valence-corrected chi connectivity index (χ4v) is 3.85. The number of anilines is 1. The normalized spacial score (nSPS) is 10.8. The summed E-state index contributed by atoms with van der Waals surface area (Å²) in [4.78, 5) is 24.2. The van der Waals surface area contributed by atoms with E-state index < -0.39 is 11.9 Å². The number of methoxy groups -OCH3 is 2. The minimum absolute atomic E-state index is 0.122. The van der Waals surface area contributed by atoms with E-state index in [4.69, 9.17) is 21.1 Å². The Morgan fingerprint density at radius 1 is 1.11 bits per heavy atom. The number of ether oxygens (including phenoxy) is 3. The molecule has 0 heterocycles. The van der Waals surface area contributed by atoms with E-state index in [0.29, 0.717) is 37.8 Å². The molecule has 178 valence electrons. The molecule has 35 heavy (non-hydrogen) atoms. The molecule has 0 aliphatic carbocycles. The number of nitriles is 1. The molecule has 0 saturated heterocycles. The molecule has 0 aromatic heterocycles. The van der Waals surface area contributed by atoms with Gasteiger partial charge in [-0.15, -0.1) is 0 Å². The maximum atomic E-state index is 12.6. The number of hydrogen-bond donors (Lipinski definition) is 1. The number of esters is 1. The summed E-state index contributed by atoms with van der Waals surface area (Å²) in [5.41, 5.74) is 2.09. The van der Waals surface area contributed by atoms with Crippen molar-refractivity contribution >= 4 is 51.2 Å². The number of benzene rings is 3. The van der Waals surface area contributed by atoms with Crippen molar-refractivity contribution in [2.24, 2.45) is 0 Å². The number of halogens is 2. The van der Waals surface area contributed by atoms with Gasteiger partial charge in [-0.2, -0.15) is 5.26 Å². The largest absolute Gasteiger partial charge is 0.493 e. The van der Waals surface area contributed by atoms with Crippen LogP contribution in [0.5, 0.6) is 11.5 Å². The Bertz CT molecular complexity index is 1320. The van der Waals surface area contributed by atoms with Gasteiger partial charge in [0.05, 0.1) is 24.3 Å². The molecule has 3 aromatic carbocycles. The number of carbonyl (C=O) groups excluding carboxylic acids is 2. The maximum absolute atomic E-state index is 12.6. The van der Waals surface area contributed by atoms with Crippen LogP contribution in [-0.4, -0.2) is 26.1 Å². The topological polar surface area (TPSA) is 97.7 Å². The summed E-state index contributed by atoms with van der Waals surface area (Å²) in [5.74, 6) is -0.197. The van der Waals surface area contributed by atoms with Gasteiger partial charge in [0.2, 0.25) is 0 Å². The zero-order valence-corrected chi connectivity index (χ0v) is 21.1. The molecule has 9 heteroatoms. The molecule has 1 N–H and O–H groups in total. The van der Waals surface area contributed by atoms with Gasteiger partial charge in [0, 0.05) is 10.7 Å². The lowest BCUT2D eigenvalue weighted by Gasteiger charge is -2.14. The Labute approximate surface area is 216 Å². The van der Waals surface area contributed by atoms with Crippen LogP contribution in [0.25, 0.3) is 6.08 Å². The lowest BCUT2D eigenvalue weighted by molar-refractivity contribution is -0.112. The third-order valence-corrected chi connectivity index (χ3v) is 5.59. The quantitative estimate of drug-likeness (QED) is 0.207. The molecular formula is C26H20BrClN2O5. The first-order valence-electron chi connectivity index (χ1n) is 10.2. The van der Waals surface area contributed by atoms with Crippen molar-refractivity contribution in [3.05, 3.63) is 92.4 Å². The number of hydrogen-bond acceptors (Lipinski definition) is 6. The first kappa shape index (κ1) is 25.8. The van der Waals surface area contributed by atoms with Gasteiger partial charge in [-0.25, -0.2) is 4.79 Å². The van der Waals surface area contributed by atoms with E-state index >= 15 is 0 Å². The minimum atomic E-state index is -0.602. The number of rotatable bonds is 8. The average Bonchev–Trinajstić information content (AvgIpc) is 2.86. The monoisotopic (exact) mass is 554 g/mol. The van der Waals surface area contributed by atoms with Crippen LogP contribution in [0.4, 0.5) is 5.69 Å². The van der Waals surface area contributed by atoms with Crippen molar-refractivity contribution in [2.45, 2.75) is 6.61 Å². The smallest absolute Gasteiger partial charge is 0.337 e. The van der Waals surface area contributed by atoms with Gasteiger partial charge in [-0.3, -0.25) is 4.79 Å². The average molecular weight is 556 g/mol. The highest BCUT2D eigenvalue weighted by Crippen LogP contribution is 2.38. The van der Waals surface area contributed by atoms with Crippen molar-refractivity contribution in [3.63, 3.8) is 0 Å². The molecule has 0 aliphatic rings. The van der Waals surface area contributed by atoms with Crippen LogP contribution < -0.4 is 14.8 Å². The molecule has 7 nitrogen and oxygen atoms in total. The van der Waals surface area contributed by atoms with Gasteiger partial charge < -0.3 is 19.5 Å². The van der Waals surface area contributed by atoms with Crippen LogP contribution >= 0.6 is 27.5 Å². The lowest BCUT2D eigenvalue weighted by Crippen LogP contribution is -2.13. The van der Waals surface area contributed by atoms with Gasteiger partial charge in [0.25, 0.3) is 5.91 Å². The van der Waals surface area contributed by atoms with Crippen molar-refractivity contribution in [1.29, 1.82) is 5.26 Å². The Balaban J connectivity index is 1.78. The molecule has 0 fully saturated rings. The van der Waals surface area contributed by atoms with Gasteiger partial charge >= 0.3 is 5.97 Å². The van der Waals surface area contributed by atoms with Gasteiger partial charge in [-0.1, -0.05) is 23.7 Å². The molecule has 0 bridgehead atoms. The van der Waals surface area contributed by atoms with Crippen LogP contribution in [0.1, 0.15) is 21.5 Å². The van der Waals surface area contributed by atoms with Crippen molar-refractivity contribution in [2.75, 3.05) is 19.5 Å². The van der Waals surface area contributed by atoms with Crippen LogP contribution in [-0.2, 0) is 16.1 Å². The zero-order valence-electron chi connectivity index (χ0n) is 18.8. The summed E-state index contributed by atoms with van der Waals surface area (Å²) < 4.78 is 16.6. The summed E-state index contributed by atoms with van der Waals surface area (Å²) in [6.07, 6.45) is 1.44. The third kappa shape index (κ3) is 6.85. The number of carbonyl (C=O) groups is 2. The molecule has 0 atom stereocenters. The van der Waals surface area contributed by atoms with Crippen LogP contribution in [0.2, 0.25) is 5.02 Å². The van der Waals surface area contributed by atoms with Gasteiger partial charge in [0.1, 0.15) is 18.2 Å². The first-order valence-corrected chi connectivity index (χ1v) is 11.4. The maximum Gasteiger partial charge on any atom is 0.337 e. The van der Waals surface area contributed by atoms with Crippen LogP contribution in [0.15, 0.2) is 70.7 Å². The van der Waals surface area contributed by atoms with E-state index in [2.05, 4.69) is 26.0 Å². The fraction of sp³-hybridized carbons (Fsp3) is 0.115. The Kier molecular flexibility index (Phi) is 8.90. The predicted octanol–water partition coefficient (Wildman–Crippen LogP) is 6.02. The van der Waals surface area contributed by atoms with Crippen LogP contribution in [0, 0.1) is 11.3 Å². The van der Waals surface area contributed by atoms with Gasteiger partial charge in [-0.05, 0) is 81.7 Å². The Morgan fingerprint density at radius 2 is 1.86 bits per heavy atom. The van der Waals surface area contributed by atoms with Crippen molar-refractivity contribution in [3.8, 4) is 17.6 Å². The highest BCUT2D eigenvalue weighted by molar-refractivity contribution is 9.10. The highest BCUT2D eigenvalue weighted by Gasteiger charge is 2.15. The second-order valence-corrected chi connectivity index (χ2v) is 8.44. The predicted molar refractivity (Wildman–Crippen MR) is 136 cm³/mol. The van der Waals surface area contributed by atoms with Crippen LogP contribution in [0.3, 0.4) is 0 Å². The summed E-state index contributed by atoms with van der Waals surface area (Å²) in [7, 11) is 2.78. The molecule has 0 saturated carbocycles. The molecule has 0 aliphatic heterocycles. The molecule has 3 aromatic rings. The Morgan fingerprint density at radius 3 is 2.49 bits per heavy atom. The summed E-state index contributed by atoms with van der Waals surface area (Å²) in [6.45, 7) is 0.269. The summed E-state index contributed by atoms with van der Waals surface area (Å²) in [5, 5.41) is 12.8. The third-order valence-electron chi connectivity index (χ3n) is 4.76. The lowest BCUT2D eigenvalue weighted by atomic mass is 10.1. The minimum Gasteiger partial charge on any atom is -0.493 e. The van der Waals surface area contributed by atoms with Gasteiger partial charge in [0.15, 0.2) is 11.5 Å². The van der Waals surface area contributed by atoms with Crippen molar-refractivity contribution in [1.82, 2.24) is 0 Å². The molecule has 0 unspecified atom stereocenters. The molecule has 0 spiro atoms. The SMILES string of the molecule is COC(=O)c1ccc(NC(=O)/C(C#N)=C/c2cc(Br)c(OCc3cccc(Cl)c3)c(OC)c2)cc1. The number of nitrogens with one attached hydrogen (secondary N) is 1. The summed E-state index contributed by atoms with van der Waals surface area (Å²) in [6, 6.07) is 18.7. The standard InChI is InChI=1S/C26H20BrClN2O5/c1-33-23-13-17(12-22(27)24(23)35-15-16-4-3-5-20(28)11-16)10-19(14-29)25(31)30-21-8-6-18(7-9-21)26(32)34-2/h3-13H,15H2,1-2H3,(H,30,31)/b19-10+. The molecular weight excluding hydrogens is 536 g/mol. The number of amides is 1. The molecule has 3 rings (SSSR count). The van der Waals surface area contributed by atoms with Crippen molar-refractivity contribution < 1.29 is 23.8 Å². The summed E-state index contributed by atoms with van der Waals surface area (Å²) >= 11 is 9.50. The Hall–Kier alpha value is -3.80. The number of nitrogens with zero attached hydrogens (tertiary/aromatic N) is 1. The highest BCUT2D eigenvalue weighted by atomic mass is 79.9. The van der Waals surface area contributed by atoms with E-state index in [9.17, 15) is 14.9 Å².